The van der Waals surface area contributed by atoms with Crippen molar-refractivity contribution < 1.29 is 8.42 Å². The summed E-state index contributed by atoms with van der Waals surface area (Å²) in [6.07, 6.45) is 6.46. The molecular formula is C12H24N2O2S. The number of sulfone groups is 1. The van der Waals surface area contributed by atoms with E-state index in [1.807, 2.05) is 0 Å². The molecule has 0 amide bonds. The van der Waals surface area contributed by atoms with Crippen LogP contribution >= 0.6 is 0 Å². The number of nitrogens with zero attached hydrogens (tertiary/aromatic N) is 1. The van der Waals surface area contributed by atoms with Gasteiger partial charge in [-0.3, -0.25) is 4.90 Å². The lowest BCUT2D eigenvalue weighted by Crippen LogP contribution is -2.45. The Morgan fingerprint density at radius 1 is 1.18 bits per heavy atom. The van der Waals surface area contributed by atoms with Gasteiger partial charge in [-0.2, -0.15) is 0 Å². The second-order valence-corrected chi connectivity index (χ2v) is 7.91. The van der Waals surface area contributed by atoms with Crippen molar-refractivity contribution in [1.29, 1.82) is 0 Å². The van der Waals surface area contributed by atoms with E-state index in [1.54, 1.807) is 0 Å². The highest BCUT2D eigenvalue weighted by Crippen LogP contribution is 2.28. The van der Waals surface area contributed by atoms with Gasteiger partial charge in [0.1, 0.15) is 9.84 Å². The number of rotatable bonds is 3. The van der Waals surface area contributed by atoms with E-state index < -0.39 is 9.84 Å². The van der Waals surface area contributed by atoms with Crippen LogP contribution in [0.3, 0.4) is 0 Å². The molecule has 5 heteroatoms. The van der Waals surface area contributed by atoms with Crippen LogP contribution in [0.25, 0.3) is 0 Å². The normalized spacial score (nSPS) is 35.4. The molecule has 17 heavy (non-hydrogen) atoms. The summed E-state index contributed by atoms with van der Waals surface area (Å²) in [5, 5.41) is 3.26. The van der Waals surface area contributed by atoms with Gasteiger partial charge in [-0.15, -0.1) is 0 Å². The molecule has 0 spiro atoms. The van der Waals surface area contributed by atoms with Crippen LogP contribution in [0.5, 0.6) is 0 Å². The maximum absolute atomic E-state index is 11.6. The van der Waals surface area contributed by atoms with Crippen LogP contribution in [0.2, 0.25) is 0 Å². The van der Waals surface area contributed by atoms with Gasteiger partial charge < -0.3 is 5.32 Å². The van der Waals surface area contributed by atoms with E-state index in [1.165, 1.54) is 12.7 Å². The average molecular weight is 260 g/mol. The molecule has 1 heterocycles. The number of nitrogens with one attached hydrogen (secondary N) is 1. The van der Waals surface area contributed by atoms with Gasteiger partial charge in [0.25, 0.3) is 0 Å². The van der Waals surface area contributed by atoms with E-state index in [4.69, 9.17) is 0 Å². The molecule has 1 saturated carbocycles. The Labute approximate surface area is 105 Å². The van der Waals surface area contributed by atoms with Crippen LogP contribution in [0.4, 0.5) is 0 Å². The quantitative estimate of drug-likeness (QED) is 0.809. The second-order valence-electron chi connectivity index (χ2n) is 5.58. The van der Waals surface area contributed by atoms with Crippen LogP contribution in [0.15, 0.2) is 0 Å². The molecule has 4 nitrogen and oxygen atoms in total. The van der Waals surface area contributed by atoms with Gasteiger partial charge in [0.2, 0.25) is 0 Å². The van der Waals surface area contributed by atoms with Gasteiger partial charge >= 0.3 is 0 Å². The summed E-state index contributed by atoms with van der Waals surface area (Å²) < 4.78 is 23.3. The predicted octanol–water partition coefficient (Wildman–Crippen LogP) is 0.636. The van der Waals surface area contributed by atoms with Gasteiger partial charge in [0, 0.05) is 24.9 Å². The largest absolute Gasteiger partial charge is 0.315 e. The van der Waals surface area contributed by atoms with Crippen LogP contribution < -0.4 is 5.32 Å². The summed E-state index contributed by atoms with van der Waals surface area (Å²) in [6, 6.07) is 1.05. The molecular weight excluding hydrogens is 236 g/mol. The van der Waals surface area contributed by atoms with E-state index >= 15 is 0 Å². The lowest BCUT2D eigenvalue weighted by Gasteiger charge is -2.37. The lowest BCUT2D eigenvalue weighted by atomic mass is 9.93. The Kier molecular flexibility index (Phi) is 4.10. The number of hydrogen-bond acceptors (Lipinski definition) is 4. The smallest absolute Gasteiger partial charge is 0.150 e. The van der Waals surface area contributed by atoms with Crippen molar-refractivity contribution in [3.8, 4) is 0 Å². The number of hydrogen-bond donors (Lipinski definition) is 1. The monoisotopic (exact) mass is 260 g/mol. The molecule has 1 aliphatic carbocycles. The highest BCUT2D eigenvalue weighted by atomic mass is 32.2. The van der Waals surface area contributed by atoms with Gasteiger partial charge in [0.15, 0.2) is 0 Å². The first kappa shape index (κ1) is 13.3. The standard InChI is InChI=1S/C12H24N2O2S/c1-14(11-6-7-13-9-11)10-4-3-5-12(8-10)17(2,15)16/h10-13H,3-9H2,1-2H3. The van der Waals surface area contributed by atoms with Crippen molar-refractivity contribution in [3.05, 3.63) is 0 Å². The molecule has 1 saturated heterocycles. The van der Waals surface area contributed by atoms with Gasteiger partial charge in [-0.25, -0.2) is 8.42 Å². The first-order chi connectivity index (χ1) is 7.98. The fourth-order valence-corrected chi connectivity index (χ4v) is 4.33. The van der Waals surface area contributed by atoms with Gasteiger partial charge in [0.05, 0.1) is 5.25 Å². The first-order valence-electron chi connectivity index (χ1n) is 6.60. The zero-order chi connectivity index (χ0) is 12.5. The Morgan fingerprint density at radius 2 is 1.94 bits per heavy atom. The minimum Gasteiger partial charge on any atom is -0.315 e. The molecule has 100 valence electrons. The van der Waals surface area contributed by atoms with Crippen molar-refractivity contribution in [2.24, 2.45) is 0 Å². The summed E-state index contributed by atoms with van der Waals surface area (Å²) in [4.78, 5) is 2.41. The fraction of sp³-hybridized carbons (Fsp3) is 1.00. The molecule has 0 aromatic carbocycles. The van der Waals surface area contributed by atoms with Gasteiger partial charge in [-0.1, -0.05) is 6.42 Å². The van der Waals surface area contributed by atoms with Crippen LogP contribution in [0.1, 0.15) is 32.1 Å². The summed E-state index contributed by atoms with van der Waals surface area (Å²) in [6.45, 7) is 2.15. The van der Waals surface area contributed by atoms with Crippen LogP contribution in [-0.4, -0.2) is 57.0 Å². The fourth-order valence-electron chi connectivity index (χ4n) is 3.16. The van der Waals surface area contributed by atoms with Crippen LogP contribution in [-0.2, 0) is 9.84 Å². The van der Waals surface area contributed by atoms with E-state index in [9.17, 15) is 8.42 Å². The minimum atomic E-state index is -2.86. The molecule has 2 rings (SSSR count). The molecule has 0 aromatic heterocycles. The van der Waals surface area contributed by atoms with E-state index in [-0.39, 0.29) is 5.25 Å². The first-order valence-corrected chi connectivity index (χ1v) is 8.55. The van der Waals surface area contributed by atoms with Crippen molar-refractivity contribution in [2.45, 2.75) is 49.4 Å². The Morgan fingerprint density at radius 3 is 2.53 bits per heavy atom. The number of likely N-dealkylation sites (N-methyl/N-ethyl adjacent to an activating group) is 1. The highest BCUT2D eigenvalue weighted by Gasteiger charge is 2.33. The van der Waals surface area contributed by atoms with Crippen molar-refractivity contribution in [3.63, 3.8) is 0 Å². The Bertz CT molecular complexity index is 350. The molecule has 3 atom stereocenters. The van der Waals surface area contributed by atoms with Gasteiger partial charge in [-0.05, 0) is 39.3 Å². The van der Waals surface area contributed by atoms with Crippen LogP contribution in [0, 0.1) is 0 Å². The molecule has 2 fully saturated rings. The Balaban J connectivity index is 1.96. The molecule has 0 radical (unpaired) electrons. The Hall–Kier alpha value is -0.130. The highest BCUT2D eigenvalue weighted by molar-refractivity contribution is 7.91. The molecule has 1 aliphatic heterocycles. The van der Waals surface area contributed by atoms with E-state index in [0.717, 1.165) is 38.8 Å². The minimum absolute atomic E-state index is 0.113. The zero-order valence-corrected chi connectivity index (χ0v) is 11.7. The predicted molar refractivity (Wildman–Crippen MR) is 69.9 cm³/mol. The lowest BCUT2D eigenvalue weighted by molar-refractivity contribution is 0.147. The molecule has 0 bridgehead atoms. The van der Waals surface area contributed by atoms with E-state index in [0.29, 0.717) is 12.1 Å². The average Bonchev–Trinajstić information content (AvgIpc) is 2.80. The molecule has 3 unspecified atom stereocenters. The zero-order valence-electron chi connectivity index (χ0n) is 10.9. The second kappa shape index (κ2) is 5.24. The third kappa shape index (κ3) is 3.20. The summed E-state index contributed by atoms with van der Waals surface area (Å²) >= 11 is 0. The maximum atomic E-state index is 11.6. The summed E-state index contributed by atoms with van der Waals surface area (Å²) in [5.74, 6) is 0. The molecule has 0 aromatic rings. The molecule has 1 N–H and O–H groups in total. The van der Waals surface area contributed by atoms with Crippen molar-refractivity contribution >= 4 is 9.84 Å². The summed E-state index contributed by atoms with van der Waals surface area (Å²) in [5.41, 5.74) is 0. The van der Waals surface area contributed by atoms with E-state index in [2.05, 4.69) is 17.3 Å². The third-order valence-electron chi connectivity index (χ3n) is 4.39. The SMILES string of the molecule is CN(C1CCNC1)C1CCCC(S(C)(=O)=O)C1. The van der Waals surface area contributed by atoms with Crippen molar-refractivity contribution in [1.82, 2.24) is 10.2 Å². The van der Waals surface area contributed by atoms with Crippen molar-refractivity contribution in [2.75, 3.05) is 26.4 Å². The third-order valence-corrected chi connectivity index (χ3v) is 6.03. The summed E-state index contributed by atoms with van der Waals surface area (Å²) in [7, 11) is -0.698. The maximum Gasteiger partial charge on any atom is 0.150 e. The molecule has 2 aliphatic rings. The topological polar surface area (TPSA) is 49.4 Å².